The fraction of sp³-hybridized carbons (Fsp3) is 0.0625. The van der Waals surface area contributed by atoms with E-state index in [0.29, 0.717) is 16.9 Å². The molecule has 0 heterocycles. The third-order valence-corrected chi connectivity index (χ3v) is 3.30. The van der Waals surface area contributed by atoms with Crippen LogP contribution in [0.15, 0.2) is 53.0 Å². The Bertz CT molecular complexity index is 737. The van der Waals surface area contributed by atoms with Crippen LogP contribution < -0.4 is 15.6 Å². The van der Waals surface area contributed by atoms with Crippen LogP contribution in [0.4, 0.5) is 0 Å². The van der Waals surface area contributed by atoms with Crippen molar-refractivity contribution >= 4 is 27.7 Å². The van der Waals surface area contributed by atoms with E-state index in [-0.39, 0.29) is 6.61 Å². The predicted molar refractivity (Wildman–Crippen MR) is 86.4 cm³/mol. The summed E-state index contributed by atoms with van der Waals surface area (Å²) in [4.78, 5) is 23.4. The summed E-state index contributed by atoms with van der Waals surface area (Å²) in [6.45, 7) is -0.257. The summed E-state index contributed by atoms with van der Waals surface area (Å²) >= 11 is 3.27. The molecule has 0 spiro atoms. The molecule has 0 fully saturated rings. The zero-order chi connectivity index (χ0) is 16.7. The maximum absolute atomic E-state index is 11.8. The van der Waals surface area contributed by atoms with Gasteiger partial charge in [0, 0.05) is 10.0 Å². The van der Waals surface area contributed by atoms with Crippen LogP contribution in [0.1, 0.15) is 15.9 Å². The lowest BCUT2D eigenvalue weighted by Gasteiger charge is -2.09. The summed E-state index contributed by atoms with van der Waals surface area (Å²) in [6.07, 6.45) is 0. The van der Waals surface area contributed by atoms with Gasteiger partial charge in [-0.05, 0) is 48.5 Å². The molecule has 0 bridgehead atoms. The Morgan fingerprint density at radius 1 is 1.04 bits per heavy atom. The van der Waals surface area contributed by atoms with Gasteiger partial charge in [-0.3, -0.25) is 20.4 Å². The van der Waals surface area contributed by atoms with Crippen LogP contribution >= 0.6 is 15.9 Å². The van der Waals surface area contributed by atoms with E-state index in [2.05, 4.69) is 26.8 Å². The SMILES string of the molecule is N#Cc1ccc(OCC(=O)NNC(=O)c2ccc(Br)cc2)cc1. The highest BCUT2D eigenvalue weighted by molar-refractivity contribution is 9.10. The number of amides is 2. The fourth-order valence-corrected chi connectivity index (χ4v) is 1.87. The lowest BCUT2D eigenvalue weighted by molar-refractivity contribution is -0.123. The maximum atomic E-state index is 11.8. The van der Waals surface area contributed by atoms with Gasteiger partial charge in [0.15, 0.2) is 6.61 Å². The average molecular weight is 374 g/mol. The topological polar surface area (TPSA) is 91.2 Å². The first-order valence-corrected chi connectivity index (χ1v) is 7.35. The first-order valence-electron chi connectivity index (χ1n) is 6.56. The summed E-state index contributed by atoms with van der Waals surface area (Å²) in [5.74, 6) is -0.470. The van der Waals surface area contributed by atoms with Gasteiger partial charge in [0.25, 0.3) is 11.8 Å². The number of ether oxygens (including phenoxy) is 1. The Labute approximate surface area is 141 Å². The van der Waals surface area contributed by atoms with Gasteiger partial charge in [0.2, 0.25) is 0 Å². The smallest absolute Gasteiger partial charge is 0.276 e. The van der Waals surface area contributed by atoms with Gasteiger partial charge in [-0.1, -0.05) is 15.9 Å². The zero-order valence-electron chi connectivity index (χ0n) is 11.9. The van der Waals surface area contributed by atoms with Crippen LogP contribution in [-0.2, 0) is 4.79 Å². The first-order chi connectivity index (χ1) is 11.1. The fourth-order valence-electron chi connectivity index (χ4n) is 1.61. The third kappa shape index (κ3) is 5.13. The Kier molecular flexibility index (Phi) is 5.72. The van der Waals surface area contributed by atoms with Crippen molar-refractivity contribution < 1.29 is 14.3 Å². The van der Waals surface area contributed by atoms with Crippen molar-refractivity contribution in [1.82, 2.24) is 10.9 Å². The summed E-state index contributed by atoms with van der Waals surface area (Å²) < 4.78 is 6.10. The summed E-state index contributed by atoms with van der Waals surface area (Å²) in [5, 5.41) is 8.68. The molecule has 0 aliphatic heterocycles. The number of rotatable bonds is 4. The quantitative estimate of drug-likeness (QED) is 0.803. The maximum Gasteiger partial charge on any atom is 0.276 e. The Morgan fingerprint density at radius 2 is 1.70 bits per heavy atom. The summed E-state index contributed by atoms with van der Waals surface area (Å²) in [5.41, 5.74) is 5.48. The van der Waals surface area contributed by atoms with Crippen molar-refractivity contribution in [3.05, 3.63) is 64.1 Å². The normalized spacial score (nSPS) is 9.57. The van der Waals surface area contributed by atoms with Crippen LogP contribution in [-0.4, -0.2) is 18.4 Å². The zero-order valence-corrected chi connectivity index (χ0v) is 13.5. The van der Waals surface area contributed by atoms with E-state index >= 15 is 0 Å². The molecule has 2 rings (SSSR count). The predicted octanol–water partition coefficient (Wildman–Crippen LogP) is 2.16. The molecular weight excluding hydrogens is 362 g/mol. The number of carbonyl (C=O) groups excluding carboxylic acids is 2. The van der Waals surface area contributed by atoms with Gasteiger partial charge in [-0.25, -0.2) is 0 Å². The highest BCUT2D eigenvalue weighted by Gasteiger charge is 2.07. The molecule has 0 aliphatic carbocycles. The summed E-state index contributed by atoms with van der Waals surface area (Å²) in [6, 6.07) is 15.0. The van der Waals surface area contributed by atoms with Crippen molar-refractivity contribution in [1.29, 1.82) is 5.26 Å². The minimum atomic E-state index is -0.500. The van der Waals surface area contributed by atoms with E-state index in [1.165, 1.54) is 0 Å². The lowest BCUT2D eigenvalue weighted by Crippen LogP contribution is -2.43. The minimum Gasteiger partial charge on any atom is -0.484 e. The van der Waals surface area contributed by atoms with E-state index in [1.54, 1.807) is 48.5 Å². The number of nitrogens with one attached hydrogen (secondary N) is 2. The number of nitrogens with zero attached hydrogens (tertiary/aromatic N) is 1. The van der Waals surface area contributed by atoms with Crippen LogP contribution in [0, 0.1) is 11.3 Å². The molecule has 6 nitrogen and oxygen atoms in total. The monoisotopic (exact) mass is 373 g/mol. The Balaban J connectivity index is 1.77. The van der Waals surface area contributed by atoms with Crippen LogP contribution in [0.3, 0.4) is 0 Å². The second-order valence-corrected chi connectivity index (χ2v) is 5.35. The van der Waals surface area contributed by atoms with Crippen molar-refractivity contribution in [2.24, 2.45) is 0 Å². The first kappa shape index (κ1) is 16.5. The molecule has 0 unspecified atom stereocenters. The van der Waals surface area contributed by atoms with E-state index in [0.717, 1.165) is 4.47 Å². The molecule has 2 N–H and O–H groups in total. The number of halogens is 1. The second kappa shape index (κ2) is 7.96. The molecule has 23 heavy (non-hydrogen) atoms. The highest BCUT2D eigenvalue weighted by Crippen LogP contribution is 2.11. The molecular formula is C16H12BrN3O3. The number of nitriles is 1. The minimum absolute atomic E-state index is 0.257. The van der Waals surface area contributed by atoms with Crippen molar-refractivity contribution in [2.45, 2.75) is 0 Å². The number of hydrazine groups is 1. The molecule has 2 amide bonds. The number of hydrogen-bond donors (Lipinski definition) is 2. The molecule has 0 saturated carbocycles. The molecule has 7 heteroatoms. The average Bonchev–Trinajstić information content (AvgIpc) is 2.59. The van der Waals surface area contributed by atoms with Crippen molar-refractivity contribution in [2.75, 3.05) is 6.61 Å². The van der Waals surface area contributed by atoms with Crippen LogP contribution in [0.2, 0.25) is 0 Å². The number of hydrogen-bond acceptors (Lipinski definition) is 4. The van der Waals surface area contributed by atoms with Crippen molar-refractivity contribution in [3.8, 4) is 11.8 Å². The van der Waals surface area contributed by atoms with E-state index in [9.17, 15) is 9.59 Å². The molecule has 0 atom stereocenters. The van der Waals surface area contributed by atoms with Gasteiger partial charge < -0.3 is 4.74 Å². The molecule has 2 aromatic carbocycles. The molecule has 0 aromatic heterocycles. The van der Waals surface area contributed by atoms with Crippen molar-refractivity contribution in [3.63, 3.8) is 0 Å². The Hall–Kier alpha value is -2.85. The molecule has 0 radical (unpaired) electrons. The van der Waals surface area contributed by atoms with Gasteiger partial charge in [0.05, 0.1) is 11.6 Å². The van der Waals surface area contributed by atoms with Gasteiger partial charge >= 0.3 is 0 Å². The molecule has 0 saturated heterocycles. The molecule has 116 valence electrons. The molecule has 0 aliphatic rings. The van der Waals surface area contributed by atoms with Gasteiger partial charge in [-0.15, -0.1) is 0 Å². The van der Waals surface area contributed by atoms with Crippen LogP contribution in [0.5, 0.6) is 5.75 Å². The standard InChI is InChI=1S/C16H12BrN3O3/c17-13-5-3-12(4-6-13)16(22)20-19-15(21)10-23-14-7-1-11(9-18)2-8-14/h1-8H,10H2,(H,19,21)(H,20,22). The lowest BCUT2D eigenvalue weighted by atomic mass is 10.2. The third-order valence-electron chi connectivity index (χ3n) is 2.78. The molecule has 2 aromatic rings. The van der Waals surface area contributed by atoms with E-state index in [1.807, 2.05) is 6.07 Å². The van der Waals surface area contributed by atoms with Gasteiger partial charge in [-0.2, -0.15) is 5.26 Å². The largest absolute Gasteiger partial charge is 0.484 e. The number of carbonyl (C=O) groups is 2. The highest BCUT2D eigenvalue weighted by atomic mass is 79.9. The van der Waals surface area contributed by atoms with E-state index < -0.39 is 11.8 Å². The second-order valence-electron chi connectivity index (χ2n) is 4.43. The summed E-state index contributed by atoms with van der Waals surface area (Å²) in [7, 11) is 0. The van der Waals surface area contributed by atoms with Gasteiger partial charge in [0.1, 0.15) is 5.75 Å². The number of benzene rings is 2. The Morgan fingerprint density at radius 3 is 2.30 bits per heavy atom. The van der Waals surface area contributed by atoms with Crippen LogP contribution in [0.25, 0.3) is 0 Å². The van der Waals surface area contributed by atoms with E-state index in [4.69, 9.17) is 10.00 Å².